The average Bonchev–Trinajstić information content (AvgIpc) is 2.21. The molecule has 0 bridgehead atoms. The largest absolute Gasteiger partial charge is 0.316 e. The van der Waals surface area contributed by atoms with Crippen molar-refractivity contribution in [3.8, 4) is 0 Å². The van der Waals surface area contributed by atoms with Crippen molar-refractivity contribution in [1.29, 1.82) is 0 Å². The number of benzene rings is 1. The molecule has 0 aliphatic rings. The molecule has 0 saturated carbocycles. The van der Waals surface area contributed by atoms with Crippen LogP contribution in [0.4, 0.5) is 4.39 Å². The van der Waals surface area contributed by atoms with Crippen molar-refractivity contribution in [2.45, 2.75) is 26.7 Å². The SMILES string of the molecule is CCNCC(c1ccc(F)cc1)C(C)C. The first-order chi connectivity index (χ1) is 7.15. The summed E-state index contributed by atoms with van der Waals surface area (Å²) in [7, 11) is 0. The van der Waals surface area contributed by atoms with Crippen LogP contribution in [0.15, 0.2) is 24.3 Å². The van der Waals surface area contributed by atoms with Gasteiger partial charge in [-0.15, -0.1) is 0 Å². The van der Waals surface area contributed by atoms with E-state index < -0.39 is 0 Å². The first-order valence-corrected chi connectivity index (χ1v) is 5.61. The molecule has 0 spiro atoms. The summed E-state index contributed by atoms with van der Waals surface area (Å²) in [5.74, 6) is 0.866. The Labute approximate surface area is 91.7 Å². The smallest absolute Gasteiger partial charge is 0.123 e. The van der Waals surface area contributed by atoms with E-state index in [2.05, 4.69) is 26.1 Å². The van der Waals surface area contributed by atoms with E-state index >= 15 is 0 Å². The third-order valence-corrected chi connectivity index (χ3v) is 2.72. The van der Waals surface area contributed by atoms with Gasteiger partial charge in [-0.3, -0.25) is 0 Å². The van der Waals surface area contributed by atoms with Crippen LogP contribution in [0.1, 0.15) is 32.3 Å². The van der Waals surface area contributed by atoms with Gasteiger partial charge in [0.2, 0.25) is 0 Å². The minimum atomic E-state index is -0.162. The Morgan fingerprint density at radius 1 is 1.20 bits per heavy atom. The second kappa shape index (κ2) is 5.86. The number of halogens is 1. The van der Waals surface area contributed by atoms with Crippen LogP contribution < -0.4 is 5.32 Å². The molecule has 1 rings (SSSR count). The van der Waals surface area contributed by atoms with Crippen molar-refractivity contribution < 1.29 is 4.39 Å². The Bertz CT molecular complexity index is 279. The number of nitrogens with one attached hydrogen (secondary N) is 1. The van der Waals surface area contributed by atoms with Crippen molar-refractivity contribution >= 4 is 0 Å². The van der Waals surface area contributed by atoms with Crippen molar-refractivity contribution in [3.05, 3.63) is 35.6 Å². The van der Waals surface area contributed by atoms with E-state index in [0.717, 1.165) is 13.1 Å². The van der Waals surface area contributed by atoms with Crippen LogP contribution in [0.2, 0.25) is 0 Å². The standard InChI is InChI=1S/C13H20FN/c1-4-15-9-13(10(2)3)11-5-7-12(14)8-6-11/h5-8,10,13,15H,4,9H2,1-3H3. The van der Waals surface area contributed by atoms with Crippen LogP contribution in [0.5, 0.6) is 0 Å². The van der Waals surface area contributed by atoms with Gasteiger partial charge in [-0.1, -0.05) is 32.9 Å². The topological polar surface area (TPSA) is 12.0 Å². The van der Waals surface area contributed by atoms with E-state index in [1.165, 1.54) is 17.7 Å². The molecule has 1 aromatic rings. The maximum absolute atomic E-state index is 12.8. The van der Waals surface area contributed by atoms with Crippen LogP contribution in [0, 0.1) is 11.7 Å². The van der Waals surface area contributed by atoms with Crippen LogP contribution in [-0.2, 0) is 0 Å². The zero-order valence-electron chi connectivity index (χ0n) is 9.76. The summed E-state index contributed by atoms with van der Waals surface area (Å²) in [6.07, 6.45) is 0. The molecule has 0 amide bonds. The molecule has 1 aromatic carbocycles. The summed E-state index contributed by atoms with van der Waals surface area (Å²) in [4.78, 5) is 0. The third-order valence-electron chi connectivity index (χ3n) is 2.72. The van der Waals surface area contributed by atoms with E-state index in [9.17, 15) is 4.39 Å². The van der Waals surface area contributed by atoms with Gasteiger partial charge in [-0.05, 0) is 36.1 Å². The summed E-state index contributed by atoms with van der Waals surface area (Å²) < 4.78 is 12.8. The molecule has 0 aliphatic carbocycles. The molecule has 1 unspecified atom stereocenters. The fourth-order valence-corrected chi connectivity index (χ4v) is 1.75. The van der Waals surface area contributed by atoms with E-state index in [1.54, 1.807) is 0 Å². The van der Waals surface area contributed by atoms with Crippen molar-refractivity contribution in [2.24, 2.45) is 5.92 Å². The van der Waals surface area contributed by atoms with Gasteiger partial charge in [0, 0.05) is 6.54 Å². The quantitative estimate of drug-likeness (QED) is 0.785. The molecule has 0 heterocycles. The van der Waals surface area contributed by atoms with E-state index in [1.807, 2.05) is 12.1 Å². The number of likely N-dealkylation sites (N-methyl/N-ethyl adjacent to an activating group) is 1. The average molecular weight is 209 g/mol. The molecular weight excluding hydrogens is 189 g/mol. The highest BCUT2D eigenvalue weighted by molar-refractivity contribution is 5.21. The van der Waals surface area contributed by atoms with Gasteiger partial charge in [0.1, 0.15) is 5.82 Å². The molecule has 1 nitrogen and oxygen atoms in total. The van der Waals surface area contributed by atoms with Gasteiger partial charge in [0.25, 0.3) is 0 Å². The van der Waals surface area contributed by atoms with Crippen LogP contribution in [-0.4, -0.2) is 13.1 Å². The number of hydrogen-bond acceptors (Lipinski definition) is 1. The summed E-state index contributed by atoms with van der Waals surface area (Å²) in [5, 5.41) is 3.35. The molecule has 1 atom stereocenters. The highest BCUT2D eigenvalue weighted by Crippen LogP contribution is 2.23. The molecule has 2 heteroatoms. The summed E-state index contributed by atoms with van der Waals surface area (Å²) in [6, 6.07) is 6.85. The molecule has 84 valence electrons. The van der Waals surface area contributed by atoms with Gasteiger partial charge in [-0.25, -0.2) is 4.39 Å². The van der Waals surface area contributed by atoms with Gasteiger partial charge in [0.15, 0.2) is 0 Å². The zero-order valence-corrected chi connectivity index (χ0v) is 9.76. The third kappa shape index (κ3) is 3.63. The van der Waals surface area contributed by atoms with Crippen molar-refractivity contribution in [1.82, 2.24) is 5.32 Å². The van der Waals surface area contributed by atoms with Gasteiger partial charge in [0.05, 0.1) is 0 Å². The van der Waals surface area contributed by atoms with E-state index in [-0.39, 0.29) is 5.82 Å². The molecule has 0 aliphatic heterocycles. The maximum atomic E-state index is 12.8. The summed E-state index contributed by atoms with van der Waals surface area (Å²) in [5.41, 5.74) is 1.22. The Kier molecular flexibility index (Phi) is 4.76. The van der Waals surface area contributed by atoms with Crippen molar-refractivity contribution in [2.75, 3.05) is 13.1 Å². The minimum Gasteiger partial charge on any atom is -0.316 e. The second-order valence-corrected chi connectivity index (χ2v) is 4.21. The van der Waals surface area contributed by atoms with E-state index in [0.29, 0.717) is 11.8 Å². The molecule has 0 fully saturated rings. The fraction of sp³-hybridized carbons (Fsp3) is 0.538. The maximum Gasteiger partial charge on any atom is 0.123 e. The Hall–Kier alpha value is -0.890. The van der Waals surface area contributed by atoms with Crippen LogP contribution in [0.25, 0.3) is 0 Å². The monoisotopic (exact) mass is 209 g/mol. The highest BCUT2D eigenvalue weighted by Gasteiger charge is 2.14. The number of hydrogen-bond donors (Lipinski definition) is 1. The lowest BCUT2D eigenvalue weighted by Gasteiger charge is -2.21. The minimum absolute atomic E-state index is 0.162. The summed E-state index contributed by atoms with van der Waals surface area (Å²) >= 11 is 0. The van der Waals surface area contributed by atoms with Crippen LogP contribution in [0.3, 0.4) is 0 Å². The Morgan fingerprint density at radius 2 is 1.80 bits per heavy atom. The van der Waals surface area contributed by atoms with Gasteiger partial charge >= 0.3 is 0 Å². The molecular formula is C13H20FN. The normalized spacial score (nSPS) is 13.1. The zero-order chi connectivity index (χ0) is 11.3. The summed E-state index contributed by atoms with van der Waals surface area (Å²) in [6.45, 7) is 8.43. The second-order valence-electron chi connectivity index (χ2n) is 4.21. The van der Waals surface area contributed by atoms with Crippen molar-refractivity contribution in [3.63, 3.8) is 0 Å². The lowest BCUT2D eigenvalue weighted by molar-refractivity contribution is 0.467. The Balaban J connectivity index is 2.74. The first-order valence-electron chi connectivity index (χ1n) is 5.61. The predicted molar refractivity (Wildman–Crippen MR) is 62.5 cm³/mol. The van der Waals surface area contributed by atoms with Crippen LogP contribution >= 0.6 is 0 Å². The highest BCUT2D eigenvalue weighted by atomic mass is 19.1. The van der Waals surface area contributed by atoms with Gasteiger partial charge < -0.3 is 5.32 Å². The lowest BCUT2D eigenvalue weighted by Crippen LogP contribution is -2.24. The molecule has 15 heavy (non-hydrogen) atoms. The predicted octanol–water partition coefficient (Wildman–Crippen LogP) is 3.17. The lowest BCUT2D eigenvalue weighted by atomic mass is 9.88. The molecule has 0 saturated heterocycles. The molecule has 1 N–H and O–H groups in total. The fourth-order valence-electron chi connectivity index (χ4n) is 1.75. The van der Waals surface area contributed by atoms with Gasteiger partial charge in [-0.2, -0.15) is 0 Å². The first kappa shape index (κ1) is 12.2. The Morgan fingerprint density at radius 3 is 2.27 bits per heavy atom. The molecule has 0 radical (unpaired) electrons. The van der Waals surface area contributed by atoms with E-state index in [4.69, 9.17) is 0 Å². The number of rotatable bonds is 5. The molecule has 0 aromatic heterocycles.